The van der Waals surface area contributed by atoms with Crippen LogP contribution in [0.5, 0.6) is 0 Å². The van der Waals surface area contributed by atoms with Gasteiger partial charge in [0.2, 0.25) is 11.7 Å². The fourth-order valence-electron chi connectivity index (χ4n) is 2.36. The van der Waals surface area contributed by atoms with Gasteiger partial charge in [0.05, 0.1) is 11.3 Å². The van der Waals surface area contributed by atoms with E-state index in [4.69, 9.17) is 21.9 Å². The predicted molar refractivity (Wildman–Crippen MR) is 85.2 cm³/mol. The highest BCUT2D eigenvalue weighted by Gasteiger charge is 2.20. The highest BCUT2D eigenvalue weighted by molar-refractivity contribution is 6.31. The lowest BCUT2D eigenvalue weighted by molar-refractivity contribution is 0.394. The number of nitrogens with zero attached hydrogens (tertiary/aromatic N) is 3. The Hall–Kier alpha value is -2.38. The van der Waals surface area contributed by atoms with Gasteiger partial charge < -0.3 is 10.3 Å². The Balaban J connectivity index is 2.22. The highest BCUT2D eigenvalue weighted by Crippen LogP contribution is 2.35. The summed E-state index contributed by atoms with van der Waals surface area (Å²) in [7, 11) is 0. The summed E-state index contributed by atoms with van der Waals surface area (Å²) in [6.45, 7) is 3.21. The van der Waals surface area contributed by atoms with E-state index in [1.165, 1.54) is 18.3 Å². The summed E-state index contributed by atoms with van der Waals surface area (Å²) in [4.78, 5) is 8.05. The van der Waals surface area contributed by atoms with E-state index in [-0.39, 0.29) is 28.0 Å². The van der Waals surface area contributed by atoms with Crippen molar-refractivity contribution in [3.63, 3.8) is 0 Å². The number of pyridine rings is 1. The maximum absolute atomic E-state index is 14.5. The Morgan fingerprint density at radius 3 is 2.54 bits per heavy atom. The second-order valence-electron chi connectivity index (χ2n) is 5.33. The standard InChI is InChI=1S/C16H13ClF2N4O/c1-7(20)15-13(19)3-9(6-21-15)11-4-10(17)5-12(18)14(11)16-22-8(2)24-23-16/h3-7H,20H2,1-2H3. The summed E-state index contributed by atoms with van der Waals surface area (Å²) in [5.74, 6) is -0.900. The molecule has 1 aromatic carbocycles. The molecule has 0 aliphatic carbocycles. The lowest BCUT2D eigenvalue weighted by Gasteiger charge is -2.11. The molecule has 0 saturated carbocycles. The quantitative estimate of drug-likeness (QED) is 0.770. The number of rotatable bonds is 3. The van der Waals surface area contributed by atoms with Gasteiger partial charge in [-0.15, -0.1) is 0 Å². The van der Waals surface area contributed by atoms with Crippen LogP contribution >= 0.6 is 11.6 Å². The molecule has 3 aromatic rings. The molecule has 0 fully saturated rings. The van der Waals surface area contributed by atoms with Crippen molar-refractivity contribution in [2.45, 2.75) is 19.9 Å². The van der Waals surface area contributed by atoms with E-state index in [9.17, 15) is 8.78 Å². The van der Waals surface area contributed by atoms with E-state index in [1.807, 2.05) is 0 Å². The van der Waals surface area contributed by atoms with E-state index < -0.39 is 17.7 Å². The molecule has 0 bridgehead atoms. The van der Waals surface area contributed by atoms with Crippen LogP contribution in [0.25, 0.3) is 22.5 Å². The van der Waals surface area contributed by atoms with Gasteiger partial charge in [0, 0.05) is 29.7 Å². The van der Waals surface area contributed by atoms with Gasteiger partial charge in [-0.2, -0.15) is 4.98 Å². The van der Waals surface area contributed by atoms with Crippen molar-refractivity contribution in [1.82, 2.24) is 15.1 Å². The monoisotopic (exact) mass is 350 g/mol. The summed E-state index contributed by atoms with van der Waals surface area (Å²) in [6, 6.07) is 3.29. The largest absolute Gasteiger partial charge is 0.339 e. The first-order valence-electron chi connectivity index (χ1n) is 7.08. The van der Waals surface area contributed by atoms with E-state index >= 15 is 0 Å². The average Bonchev–Trinajstić information content (AvgIpc) is 2.92. The van der Waals surface area contributed by atoms with Crippen molar-refractivity contribution in [3.8, 4) is 22.5 Å². The lowest BCUT2D eigenvalue weighted by Crippen LogP contribution is -2.10. The van der Waals surface area contributed by atoms with Crippen LogP contribution in [0.1, 0.15) is 24.6 Å². The van der Waals surface area contributed by atoms with Gasteiger partial charge in [-0.1, -0.05) is 16.8 Å². The number of aromatic nitrogens is 3. The van der Waals surface area contributed by atoms with E-state index in [2.05, 4.69) is 15.1 Å². The first-order valence-corrected chi connectivity index (χ1v) is 7.45. The fraction of sp³-hybridized carbons (Fsp3) is 0.188. The minimum Gasteiger partial charge on any atom is -0.339 e. The number of nitrogens with two attached hydrogens (primary N) is 1. The van der Waals surface area contributed by atoms with Crippen LogP contribution in [0.4, 0.5) is 8.78 Å². The molecular formula is C16H13ClF2N4O. The Labute approximate surface area is 141 Å². The Morgan fingerprint density at radius 2 is 1.96 bits per heavy atom. The van der Waals surface area contributed by atoms with E-state index in [1.54, 1.807) is 13.8 Å². The molecule has 2 N–H and O–H groups in total. The third-order valence-electron chi connectivity index (χ3n) is 3.42. The molecule has 0 amide bonds. The molecule has 1 unspecified atom stereocenters. The third kappa shape index (κ3) is 3.00. The second kappa shape index (κ2) is 6.26. The SMILES string of the molecule is Cc1nc(-c2c(F)cc(Cl)cc2-c2cnc(C(C)N)c(F)c2)no1. The van der Waals surface area contributed by atoms with Crippen molar-refractivity contribution in [2.24, 2.45) is 5.73 Å². The fourth-order valence-corrected chi connectivity index (χ4v) is 2.57. The van der Waals surface area contributed by atoms with Crippen LogP contribution in [-0.2, 0) is 0 Å². The Morgan fingerprint density at radius 1 is 1.21 bits per heavy atom. The van der Waals surface area contributed by atoms with Crippen LogP contribution < -0.4 is 5.73 Å². The molecule has 8 heteroatoms. The molecule has 1 atom stereocenters. The molecule has 3 rings (SSSR count). The van der Waals surface area contributed by atoms with Gasteiger partial charge in [0.1, 0.15) is 11.6 Å². The number of hydrogen-bond acceptors (Lipinski definition) is 5. The van der Waals surface area contributed by atoms with Gasteiger partial charge >= 0.3 is 0 Å². The summed E-state index contributed by atoms with van der Waals surface area (Å²) >= 11 is 5.95. The first kappa shape index (κ1) is 16.5. The molecule has 124 valence electrons. The van der Waals surface area contributed by atoms with Crippen LogP contribution in [0.15, 0.2) is 28.9 Å². The number of hydrogen-bond donors (Lipinski definition) is 1. The van der Waals surface area contributed by atoms with Gasteiger partial charge in [-0.3, -0.25) is 4.98 Å². The molecular weight excluding hydrogens is 338 g/mol. The molecule has 24 heavy (non-hydrogen) atoms. The van der Waals surface area contributed by atoms with Crippen molar-refractivity contribution in [1.29, 1.82) is 0 Å². The molecule has 0 spiro atoms. The normalized spacial score (nSPS) is 12.4. The van der Waals surface area contributed by atoms with Crippen molar-refractivity contribution < 1.29 is 13.3 Å². The van der Waals surface area contributed by atoms with Crippen LogP contribution in [0, 0.1) is 18.6 Å². The second-order valence-corrected chi connectivity index (χ2v) is 5.76. The number of aryl methyl sites for hydroxylation is 1. The maximum atomic E-state index is 14.5. The third-order valence-corrected chi connectivity index (χ3v) is 3.64. The van der Waals surface area contributed by atoms with Crippen molar-refractivity contribution in [2.75, 3.05) is 0 Å². The van der Waals surface area contributed by atoms with E-state index in [0.717, 1.165) is 6.07 Å². The molecule has 2 heterocycles. The number of halogens is 3. The van der Waals surface area contributed by atoms with Gasteiger partial charge in [-0.05, 0) is 30.7 Å². The average molecular weight is 351 g/mol. The summed E-state index contributed by atoms with van der Waals surface area (Å²) in [5.41, 5.74) is 6.48. The zero-order valence-corrected chi connectivity index (χ0v) is 13.6. The van der Waals surface area contributed by atoms with Crippen LogP contribution in [-0.4, -0.2) is 15.1 Å². The van der Waals surface area contributed by atoms with Crippen molar-refractivity contribution in [3.05, 3.63) is 52.6 Å². The topological polar surface area (TPSA) is 77.8 Å². The van der Waals surface area contributed by atoms with Crippen molar-refractivity contribution >= 4 is 11.6 Å². The molecule has 2 aromatic heterocycles. The summed E-state index contributed by atoms with van der Waals surface area (Å²) in [5, 5.41) is 3.88. The minimum absolute atomic E-state index is 0.0494. The van der Waals surface area contributed by atoms with Crippen LogP contribution in [0.3, 0.4) is 0 Å². The smallest absolute Gasteiger partial charge is 0.223 e. The van der Waals surface area contributed by atoms with Gasteiger partial charge in [-0.25, -0.2) is 8.78 Å². The molecule has 0 aliphatic rings. The summed E-state index contributed by atoms with van der Waals surface area (Å²) < 4.78 is 33.6. The molecule has 5 nitrogen and oxygen atoms in total. The zero-order chi connectivity index (χ0) is 17.4. The highest BCUT2D eigenvalue weighted by atomic mass is 35.5. The lowest BCUT2D eigenvalue weighted by atomic mass is 9.99. The number of benzene rings is 1. The molecule has 0 aliphatic heterocycles. The zero-order valence-electron chi connectivity index (χ0n) is 12.8. The van der Waals surface area contributed by atoms with E-state index in [0.29, 0.717) is 11.1 Å². The molecule has 0 radical (unpaired) electrons. The predicted octanol–water partition coefficient (Wildman–Crippen LogP) is 4.06. The van der Waals surface area contributed by atoms with Crippen LogP contribution in [0.2, 0.25) is 5.02 Å². The Kier molecular flexibility index (Phi) is 4.29. The Bertz CT molecular complexity index is 911. The van der Waals surface area contributed by atoms with Gasteiger partial charge in [0.15, 0.2) is 0 Å². The maximum Gasteiger partial charge on any atom is 0.223 e. The minimum atomic E-state index is -0.644. The first-order chi connectivity index (χ1) is 11.4. The molecule has 0 saturated heterocycles. The summed E-state index contributed by atoms with van der Waals surface area (Å²) in [6.07, 6.45) is 1.41. The van der Waals surface area contributed by atoms with Gasteiger partial charge in [0.25, 0.3) is 0 Å².